The minimum absolute atomic E-state index is 0.136. The SMILES string of the molecule is O=C(O)CN1CCC[C@@H]1CCl. The van der Waals surface area contributed by atoms with Crippen LogP contribution in [0.15, 0.2) is 0 Å². The van der Waals surface area contributed by atoms with Crippen LogP contribution in [0, 0.1) is 0 Å². The third kappa shape index (κ3) is 2.34. The van der Waals surface area contributed by atoms with Gasteiger partial charge in [-0.2, -0.15) is 0 Å². The summed E-state index contributed by atoms with van der Waals surface area (Å²) in [6, 6.07) is 0.285. The summed E-state index contributed by atoms with van der Waals surface area (Å²) in [7, 11) is 0. The highest BCUT2D eigenvalue weighted by Gasteiger charge is 2.24. The number of alkyl halides is 1. The number of carbonyl (C=O) groups is 1. The number of carboxylic acid groups (broad SMARTS) is 1. The maximum Gasteiger partial charge on any atom is 0.317 e. The summed E-state index contributed by atoms with van der Waals surface area (Å²) < 4.78 is 0. The summed E-state index contributed by atoms with van der Waals surface area (Å²) in [5.74, 6) is -0.213. The first-order chi connectivity index (χ1) is 5.24. The van der Waals surface area contributed by atoms with E-state index < -0.39 is 5.97 Å². The molecule has 1 rings (SSSR count). The van der Waals surface area contributed by atoms with E-state index in [0.717, 1.165) is 19.4 Å². The fourth-order valence-corrected chi connectivity index (χ4v) is 1.80. The Hall–Kier alpha value is -0.280. The van der Waals surface area contributed by atoms with Crippen molar-refractivity contribution in [2.24, 2.45) is 0 Å². The first kappa shape index (κ1) is 8.81. The van der Waals surface area contributed by atoms with Gasteiger partial charge in [0.1, 0.15) is 0 Å². The summed E-state index contributed by atoms with van der Waals surface area (Å²) in [4.78, 5) is 12.3. The average Bonchev–Trinajstić information content (AvgIpc) is 2.34. The predicted molar refractivity (Wildman–Crippen MR) is 43.0 cm³/mol. The zero-order valence-electron chi connectivity index (χ0n) is 6.29. The lowest BCUT2D eigenvalue weighted by molar-refractivity contribution is -0.138. The monoisotopic (exact) mass is 177 g/mol. The highest BCUT2D eigenvalue weighted by atomic mass is 35.5. The second kappa shape index (κ2) is 3.93. The van der Waals surface area contributed by atoms with Gasteiger partial charge in [-0.25, -0.2) is 0 Å². The molecule has 0 aromatic carbocycles. The lowest BCUT2D eigenvalue weighted by atomic mass is 10.2. The molecule has 11 heavy (non-hydrogen) atoms. The van der Waals surface area contributed by atoms with E-state index in [4.69, 9.17) is 16.7 Å². The lowest BCUT2D eigenvalue weighted by Crippen LogP contribution is -2.35. The van der Waals surface area contributed by atoms with Crippen molar-refractivity contribution in [3.63, 3.8) is 0 Å². The smallest absolute Gasteiger partial charge is 0.317 e. The predicted octanol–water partition coefficient (Wildman–Crippen LogP) is 0.774. The summed E-state index contributed by atoms with van der Waals surface area (Å²) in [5, 5.41) is 8.50. The molecule has 0 amide bonds. The van der Waals surface area contributed by atoms with Crippen molar-refractivity contribution in [1.82, 2.24) is 4.90 Å². The van der Waals surface area contributed by atoms with Crippen molar-refractivity contribution in [2.75, 3.05) is 19.0 Å². The molecule has 0 aromatic rings. The van der Waals surface area contributed by atoms with Gasteiger partial charge in [0.2, 0.25) is 0 Å². The van der Waals surface area contributed by atoms with E-state index in [9.17, 15) is 4.79 Å². The van der Waals surface area contributed by atoms with Crippen molar-refractivity contribution in [1.29, 1.82) is 0 Å². The van der Waals surface area contributed by atoms with Gasteiger partial charge < -0.3 is 5.11 Å². The molecule has 1 atom stereocenters. The Balaban J connectivity index is 2.37. The molecule has 0 aromatic heterocycles. The van der Waals surface area contributed by atoms with Crippen LogP contribution < -0.4 is 0 Å². The Kier molecular flexibility index (Phi) is 3.15. The van der Waals surface area contributed by atoms with Crippen LogP contribution in [-0.4, -0.2) is 41.0 Å². The molecule has 0 bridgehead atoms. The van der Waals surface area contributed by atoms with Crippen LogP contribution in [0.5, 0.6) is 0 Å². The van der Waals surface area contributed by atoms with E-state index in [1.807, 2.05) is 4.90 Å². The molecule has 3 nitrogen and oxygen atoms in total. The first-order valence-corrected chi connectivity index (χ1v) is 4.29. The van der Waals surface area contributed by atoms with Crippen LogP contribution >= 0.6 is 11.6 Å². The van der Waals surface area contributed by atoms with Gasteiger partial charge in [-0.3, -0.25) is 9.69 Å². The van der Waals surface area contributed by atoms with E-state index in [-0.39, 0.29) is 12.6 Å². The van der Waals surface area contributed by atoms with E-state index in [1.54, 1.807) is 0 Å². The molecular weight excluding hydrogens is 166 g/mol. The zero-order chi connectivity index (χ0) is 8.27. The van der Waals surface area contributed by atoms with Gasteiger partial charge in [0.15, 0.2) is 0 Å². The molecular formula is C7H12ClNO2. The first-order valence-electron chi connectivity index (χ1n) is 3.76. The van der Waals surface area contributed by atoms with Crippen LogP contribution in [0.1, 0.15) is 12.8 Å². The van der Waals surface area contributed by atoms with Gasteiger partial charge in [-0.1, -0.05) is 0 Å². The number of nitrogens with zero attached hydrogens (tertiary/aromatic N) is 1. The van der Waals surface area contributed by atoms with Crippen LogP contribution in [0.25, 0.3) is 0 Å². The highest BCUT2D eigenvalue weighted by Crippen LogP contribution is 2.17. The Morgan fingerprint density at radius 2 is 2.45 bits per heavy atom. The summed E-state index contributed by atoms with van der Waals surface area (Å²) >= 11 is 5.65. The van der Waals surface area contributed by atoms with Crippen molar-refractivity contribution in [2.45, 2.75) is 18.9 Å². The molecule has 64 valence electrons. The molecule has 1 heterocycles. The third-order valence-corrected chi connectivity index (χ3v) is 2.37. The molecule has 0 aliphatic carbocycles. The van der Waals surface area contributed by atoms with Crippen LogP contribution in [-0.2, 0) is 4.79 Å². The van der Waals surface area contributed by atoms with Gasteiger partial charge in [0.05, 0.1) is 6.54 Å². The molecule has 0 radical (unpaired) electrons. The number of hydrogen-bond acceptors (Lipinski definition) is 2. The Labute approximate surface area is 70.9 Å². The van der Waals surface area contributed by atoms with Crippen molar-refractivity contribution >= 4 is 17.6 Å². The second-order valence-corrected chi connectivity index (χ2v) is 3.12. The lowest BCUT2D eigenvalue weighted by Gasteiger charge is -2.19. The van der Waals surface area contributed by atoms with Gasteiger partial charge >= 0.3 is 5.97 Å². The number of hydrogen-bond donors (Lipinski definition) is 1. The minimum Gasteiger partial charge on any atom is -0.480 e. The Morgan fingerprint density at radius 1 is 1.73 bits per heavy atom. The zero-order valence-corrected chi connectivity index (χ0v) is 7.05. The van der Waals surface area contributed by atoms with E-state index >= 15 is 0 Å². The quantitative estimate of drug-likeness (QED) is 0.648. The van der Waals surface area contributed by atoms with Gasteiger partial charge in [-0.05, 0) is 19.4 Å². The summed E-state index contributed by atoms with van der Waals surface area (Å²) in [5.41, 5.74) is 0. The maximum absolute atomic E-state index is 10.3. The van der Waals surface area contributed by atoms with E-state index in [1.165, 1.54) is 0 Å². The molecule has 1 aliphatic rings. The van der Waals surface area contributed by atoms with E-state index in [2.05, 4.69) is 0 Å². The highest BCUT2D eigenvalue weighted by molar-refractivity contribution is 6.18. The molecule has 1 N–H and O–H groups in total. The normalized spacial score (nSPS) is 25.7. The number of likely N-dealkylation sites (tertiary alicyclic amines) is 1. The molecule has 4 heteroatoms. The number of halogens is 1. The van der Waals surface area contributed by atoms with Gasteiger partial charge in [0, 0.05) is 11.9 Å². The summed E-state index contributed by atoms with van der Waals surface area (Å²) in [6.45, 7) is 1.01. The second-order valence-electron chi connectivity index (χ2n) is 2.81. The van der Waals surface area contributed by atoms with Crippen molar-refractivity contribution in [3.8, 4) is 0 Å². The number of carboxylic acids is 1. The number of rotatable bonds is 3. The van der Waals surface area contributed by atoms with Gasteiger partial charge in [0.25, 0.3) is 0 Å². The largest absolute Gasteiger partial charge is 0.480 e. The Morgan fingerprint density at radius 3 is 3.00 bits per heavy atom. The van der Waals surface area contributed by atoms with Crippen LogP contribution in [0.2, 0.25) is 0 Å². The minimum atomic E-state index is -0.762. The molecule has 0 saturated carbocycles. The Bertz CT molecular complexity index is 151. The van der Waals surface area contributed by atoms with Crippen LogP contribution in [0.4, 0.5) is 0 Å². The molecule has 0 spiro atoms. The third-order valence-electron chi connectivity index (χ3n) is 2.02. The standard InChI is InChI=1S/C7H12ClNO2/c8-4-6-2-1-3-9(6)5-7(10)11/h6H,1-5H2,(H,10,11)/t6-/m1/s1. The van der Waals surface area contributed by atoms with Crippen molar-refractivity contribution < 1.29 is 9.90 Å². The fraction of sp³-hybridized carbons (Fsp3) is 0.857. The van der Waals surface area contributed by atoms with Crippen LogP contribution in [0.3, 0.4) is 0 Å². The maximum atomic E-state index is 10.3. The fourth-order valence-electron chi connectivity index (χ4n) is 1.45. The average molecular weight is 178 g/mol. The summed E-state index contributed by atoms with van der Waals surface area (Å²) in [6.07, 6.45) is 2.11. The van der Waals surface area contributed by atoms with Crippen molar-refractivity contribution in [3.05, 3.63) is 0 Å². The molecule has 1 aliphatic heterocycles. The van der Waals surface area contributed by atoms with Gasteiger partial charge in [-0.15, -0.1) is 11.6 Å². The topological polar surface area (TPSA) is 40.5 Å². The molecule has 1 saturated heterocycles. The molecule has 0 unspecified atom stereocenters. The number of aliphatic carboxylic acids is 1. The molecule has 1 fully saturated rings. The van der Waals surface area contributed by atoms with E-state index in [0.29, 0.717) is 5.88 Å².